The minimum absolute atomic E-state index is 0.209. The lowest BCUT2D eigenvalue weighted by Crippen LogP contribution is -2.42. The molecule has 0 radical (unpaired) electrons. The van der Waals surface area contributed by atoms with E-state index in [1.54, 1.807) is 7.05 Å². The third kappa shape index (κ3) is 3.59. The van der Waals surface area contributed by atoms with Crippen molar-refractivity contribution in [3.05, 3.63) is 61.5 Å². The third-order valence-electron chi connectivity index (χ3n) is 5.75. The predicted octanol–water partition coefficient (Wildman–Crippen LogP) is 2.45. The summed E-state index contributed by atoms with van der Waals surface area (Å²) in [6.07, 6.45) is 1.08. The average molecular weight is 433 g/mol. The summed E-state index contributed by atoms with van der Waals surface area (Å²) in [5.74, 6) is -0.0731. The predicted molar refractivity (Wildman–Crippen MR) is 114 cm³/mol. The molecule has 1 fully saturated rings. The Morgan fingerprint density at radius 2 is 1.80 bits per heavy atom. The van der Waals surface area contributed by atoms with Gasteiger partial charge in [0.1, 0.15) is 5.82 Å². The van der Waals surface area contributed by atoms with Crippen molar-refractivity contribution in [3.8, 4) is 0 Å². The number of aryl methyl sites for hydroxylation is 2. The number of fused-ring (bicyclic) bond motifs is 1. The monoisotopic (exact) mass is 432 g/mol. The zero-order valence-corrected chi connectivity index (χ0v) is 18.1. The molecular formula is C21H25ClN4O4. The molecule has 3 aromatic rings. The molecule has 0 saturated carbocycles. The number of rotatable bonds is 6. The maximum Gasteiger partial charge on any atom is 0.332 e. The molecule has 9 heteroatoms. The topological polar surface area (TPSA) is 80.3 Å². The van der Waals surface area contributed by atoms with E-state index < -0.39 is 11.5 Å². The van der Waals surface area contributed by atoms with Gasteiger partial charge >= 0.3 is 5.69 Å². The van der Waals surface area contributed by atoms with E-state index in [1.807, 2.05) is 42.7 Å². The van der Waals surface area contributed by atoms with Crippen molar-refractivity contribution < 1.29 is 9.47 Å². The average Bonchev–Trinajstić information content (AvgIpc) is 3.34. The first-order valence-corrected chi connectivity index (χ1v) is 10.4. The Bertz CT molecular complexity index is 1190. The maximum absolute atomic E-state index is 13.4. The molecular weight excluding hydrogens is 408 g/mol. The van der Waals surface area contributed by atoms with Crippen LogP contribution in [0.25, 0.3) is 11.2 Å². The maximum atomic E-state index is 13.4. The van der Waals surface area contributed by atoms with Crippen LogP contribution in [0.15, 0.2) is 33.9 Å². The van der Waals surface area contributed by atoms with Crippen molar-refractivity contribution in [2.24, 2.45) is 7.05 Å². The molecule has 0 N–H and O–H groups in total. The first-order valence-electron chi connectivity index (χ1n) is 10.0. The van der Waals surface area contributed by atoms with Crippen LogP contribution in [0.4, 0.5) is 0 Å². The van der Waals surface area contributed by atoms with E-state index in [0.29, 0.717) is 54.6 Å². The second-order valence-corrected chi connectivity index (χ2v) is 7.99. The van der Waals surface area contributed by atoms with Crippen molar-refractivity contribution in [3.63, 3.8) is 0 Å². The fourth-order valence-corrected chi connectivity index (χ4v) is 4.07. The molecule has 1 saturated heterocycles. The van der Waals surface area contributed by atoms with E-state index in [1.165, 1.54) is 9.13 Å². The highest BCUT2D eigenvalue weighted by Crippen LogP contribution is 2.27. The van der Waals surface area contributed by atoms with Gasteiger partial charge in [0.25, 0.3) is 5.56 Å². The second kappa shape index (κ2) is 8.02. The SMILES string of the molecule is CCC1(CCn2c(=O)c3c(nc(C)n3Cc3ccc(Cl)cc3)n(C)c2=O)OCCO1. The Balaban J connectivity index is 1.77. The molecule has 1 aliphatic heterocycles. The minimum atomic E-state index is -0.737. The van der Waals surface area contributed by atoms with Gasteiger partial charge < -0.3 is 14.0 Å². The number of imidazole rings is 1. The third-order valence-corrected chi connectivity index (χ3v) is 6.00. The van der Waals surface area contributed by atoms with Crippen molar-refractivity contribution in [2.45, 2.75) is 45.6 Å². The van der Waals surface area contributed by atoms with Crippen LogP contribution in [0.3, 0.4) is 0 Å². The number of ether oxygens (including phenoxy) is 2. The van der Waals surface area contributed by atoms with Crippen LogP contribution < -0.4 is 11.2 Å². The van der Waals surface area contributed by atoms with E-state index in [-0.39, 0.29) is 12.1 Å². The number of halogens is 1. The zero-order valence-electron chi connectivity index (χ0n) is 17.4. The summed E-state index contributed by atoms with van der Waals surface area (Å²) in [7, 11) is 1.64. The van der Waals surface area contributed by atoms with Gasteiger partial charge in [0.05, 0.1) is 13.2 Å². The van der Waals surface area contributed by atoms with Crippen LogP contribution in [0.5, 0.6) is 0 Å². The summed E-state index contributed by atoms with van der Waals surface area (Å²) < 4.78 is 16.0. The molecule has 0 bridgehead atoms. The summed E-state index contributed by atoms with van der Waals surface area (Å²) in [5.41, 5.74) is 1.02. The second-order valence-electron chi connectivity index (χ2n) is 7.55. The van der Waals surface area contributed by atoms with E-state index >= 15 is 0 Å². The summed E-state index contributed by atoms with van der Waals surface area (Å²) in [4.78, 5) is 30.8. The van der Waals surface area contributed by atoms with Gasteiger partial charge in [-0.2, -0.15) is 0 Å². The van der Waals surface area contributed by atoms with Gasteiger partial charge in [-0.1, -0.05) is 30.7 Å². The molecule has 160 valence electrons. The molecule has 3 heterocycles. The summed E-state index contributed by atoms with van der Waals surface area (Å²) in [6.45, 7) is 5.51. The van der Waals surface area contributed by atoms with Crippen molar-refractivity contribution in [1.29, 1.82) is 0 Å². The van der Waals surface area contributed by atoms with Gasteiger partial charge in [0.2, 0.25) is 0 Å². The molecule has 0 spiro atoms. The van der Waals surface area contributed by atoms with Crippen LogP contribution in [0.2, 0.25) is 5.02 Å². The molecule has 0 aliphatic carbocycles. The normalized spacial score (nSPS) is 15.9. The standard InChI is InChI=1S/C21H25ClN4O4/c1-4-21(29-11-12-30-21)9-10-25-19(27)17-18(24(3)20(25)28)23-14(2)26(17)13-15-5-7-16(22)8-6-15/h5-8H,4,9-13H2,1-3H3. The van der Waals surface area contributed by atoms with E-state index in [4.69, 9.17) is 21.1 Å². The van der Waals surface area contributed by atoms with Gasteiger partial charge in [-0.05, 0) is 31.0 Å². The van der Waals surface area contributed by atoms with Crippen LogP contribution in [-0.4, -0.2) is 37.7 Å². The van der Waals surface area contributed by atoms with Gasteiger partial charge in [-0.25, -0.2) is 9.78 Å². The van der Waals surface area contributed by atoms with E-state index in [9.17, 15) is 9.59 Å². The van der Waals surface area contributed by atoms with Crippen LogP contribution in [0, 0.1) is 6.92 Å². The Hall–Kier alpha value is -2.42. The molecule has 2 aromatic heterocycles. The lowest BCUT2D eigenvalue weighted by Gasteiger charge is -2.26. The van der Waals surface area contributed by atoms with E-state index in [2.05, 4.69) is 4.98 Å². The number of hydrogen-bond donors (Lipinski definition) is 0. The highest BCUT2D eigenvalue weighted by atomic mass is 35.5. The molecule has 30 heavy (non-hydrogen) atoms. The van der Waals surface area contributed by atoms with Crippen LogP contribution in [-0.2, 0) is 29.6 Å². The number of hydrogen-bond acceptors (Lipinski definition) is 5. The smallest absolute Gasteiger partial charge is 0.332 e. The number of nitrogens with zero attached hydrogens (tertiary/aromatic N) is 4. The Labute approximate surface area is 178 Å². The fraction of sp³-hybridized carbons (Fsp3) is 0.476. The Morgan fingerprint density at radius 1 is 1.13 bits per heavy atom. The fourth-order valence-electron chi connectivity index (χ4n) is 3.95. The number of benzene rings is 1. The van der Waals surface area contributed by atoms with E-state index in [0.717, 1.165) is 5.56 Å². The minimum Gasteiger partial charge on any atom is -0.347 e. The summed E-state index contributed by atoms with van der Waals surface area (Å²) in [5, 5.41) is 0.650. The molecule has 8 nitrogen and oxygen atoms in total. The lowest BCUT2D eigenvalue weighted by atomic mass is 10.1. The largest absolute Gasteiger partial charge is 0.347 e. The molecule has 0 amide bonds. The number of aromatic nitrogens is 4. The van der Waals surface area contributed by atoms with Gasteiger partial charge in [0.15, 0.2) is 17.0 Å². The summed E-state index contributed by atoms with van der Waals surface area (Å²) in [6, 6.07) is 7.44. The zero-order chi connectivity index (χ0) is 21.5. The lowest BCUT2D eigenvalue weighted by molar-refractivity contribution is -0.165. The van der Waals surface area contributed by atoms with Crippen LogP contribution >= 0.6 is 11.6 Å². The highest BCUT2D eigenvalue weighted by Gasteiger charge is 2.34. The Kier molecular flexibility index (Phi) is 5.57. The van der Waals surface area contributed by atoms with Gasteiger partial charge in [-0.3, -0.25) is 13.9 Å². The van der Waals surface area contributed by atoms with Gasteiger partial charge in [-0.15, -0.1) is 0 Å². The molecule has 1 aromatic carbocycles. The highest BCUT2D eigenvalue weighted by molar-refractivity contribution is 6.30. The van der Waals surface area contributed by atoms with Crippen LogP contribution in [0.1, 0.15) is 31.2 Å². The first-order chi connectivity index (χ1) is 14.3. The molecule has 0 unspecified atom stereocenters. The Morgan fingerprint density at radius 3 is 2.43 bits per heavy atom. The molecule has 1 aliphatic rings. The summed E-state index contributed by atoms with van der Waals surface area (Å²) >= 11 is 5.98. The van der Waals surface area contributed by atoms with Crippen molar-refractivity contribution >= 4 is 22.8 Å². The molecule has 4 rings (SSSR count). The molecule has 0 atom stereocenters. The quantitative estimate of drug-likeness (QED) is 0.597. The van der Waals surface area contributed by atoms with Crippen molar-refractivity contribution in [1.82, 2.24) is 18.7 Å². The van der Waals surface area contributed by atoms with Crippen molar-refractivity contribution in [2.75, 3.05) is 13.2 Å². The van der Waals surface area contributed by atoms with Gasteiger partial charge in [0, 0.05) is 31.6 Å². The first kappa shape index (κ1) is 20.8.